The second-order valence-electron chi connectivity index (χ2n) is 3.04. The van der Waals surface area contributed by atoms with Gasteiger partial charge in [-0.3, -0.25) is 4.79 Å². The van der Waals surface area contributed by atoms with Gasteiger partial charge in [-0.1, -0.05) is 0 Å². The van der Waals surface area contributed by atoms with Crippen LogP contribution in [0.15, 0.2) is 23.1 Å². The van der Waals surface area contributed by atoms with E-state index in [9.17, 15) is 4.79 Å². The predicted molar refractivity (Wildman–Crippen MR) is 55.7 cm³/mol. The van der Waals surface area contributed by atoms with Gasteiger partial charge in [0.1, 0.15) is 0 Å². The molecule has 0 amide bonds. The SMILES string of the molecule is CC(=O)c1ccc2c(c1)SCCN2. The molecule has 1 aliphatic rings. The van der Waals surface area contributed by atoms with E-state index in [1.165, 1.54) is 4.90 Å². The molecule has 2 rings (SSSR count). The van der Waals surface area contributed by atoms with Crippen molar-refractivity contribution in [2.45, 2.75) is 11.8 Å². The first kappa shape index (κ1) is 8.63. The summed E-state index contributed by atoms with van der Waals surface area (Å²) >= 11 is 1.81. The van der Waals surface area contributed by atoms with E-state index < -0.39 is 0 Å². The van der Waals surface area contributed by atoms with Crippen LogP contribution in [0.5, 0.6) is 0 Å². The number of anilines is 1. The van der Waals surface area contributed by atoms with Gasteiger partial charge in [0.15, 0.2) is 5.78 Å². The minimum Gasteiger partial charge on any atom is -0.383 e. The average molecular weight is 193 g/mol. The number of rotatable bonds is 1. The van der Waals surface area contributed by atoms with Crippen molar-refractivity contribution in [3.63, 3.8) is 0 Å². The van der Waals surface area contributed by atoms with Crippen molar-refractivity contribution >= 4 is 23.2 Å². The molecule has 0 unspecified atom stereocenters. The number of benzene rings is 1. The molecule has 2 nitrogen and oxygen atoms in total. The van der Waals surface area contributed by atoms with E-state index in [2.05, 4.69) is 5.32 Å². The summed E-state index contributed by atoms with van der Waals surface area (Å²) in [5.74, 6) is 1.21. The highest BCUT2D eigenvalue weighted by Gasteiger charge is 2.10. The number of hydrogen-bond donors (Lipinski definition) is 1. The Morgan fingerprint density at radius 2 is 2.38 bits per heavy atom. The van der Waals surface area contributed by atoms with E-state index in [1.807, 2.05) is 18.2 Å². The van der Waals surface area contributed by atoms with Gasteiger partial charge in [-0.25, -0.2) is 0 Å². The lowest BCUT2D eigenvalue weighted by molar-refractivity contribution is 0.101. The molecule has 0 aliphatic carbocycles. The van der Waals surface area contributed by atoms with Crippen molar-refractivity contribution in [2.24, 2.45) is 0 Å². The van der Waals surface area contributed by atoms with Crippen molar-refractivity contribution in [3.8, 4) is 0 Å². The second kappa shape index (κ2) is 3.42. The van der Waals surface area contributed by atoms with Crippen LogP contribution in [0.25, 0.3) is 0 Å². The van der Waals surface area contributed by atoms with Crippen LogP contribution in [0.2, 0.25) is 0 Å². The summed E-state index contributed by atoms with van der Waals surface area (Å²) in [5.41, 5.74) is 1.95. The van der Waals surface area contributed by atoms with Crippen LogP contribution >= 0.6 is 11.8 Å². The number of carbonyl (C=O) groups excluding carboxylic acids is 1. The molecular weight excluding hydrogens is 182 g/mol. The van der Waals surface area contributed by atoms with Gasteiger partial charge in [0.25, 0.3) is 0 Å². The maximum absolute atomic E-state index is 11.1. The van der Waals surface area contributed by atoms with Crippen molar-refractivity contribution in [1.29, 1.82) is 0 Å². The van der Waals surface area contributed by atoms with Gasteiger partial charge in [-0.05, 0) is 25.1 Å². The Hall–Kier alpha value is -0.960. The summed E-state index contributed by atoms with van der Waals surface area (Å²) in [5, 5.41) is 3.30. The molecule has 0 fully saturated rings. The zero-order valence-electron chi connectivity index (χ0n) is 7.46. The third-order valence-electron chi connectivity index (χ3n) is 2.06. The molecule has 13 heavy (non-hydrogen) atoms. The number of Topliss-reactive ketones (excluding diaryl/α,β-unsaturated/α-hetero) is 1. The van der Waals surface area contributed by atoms with Crippen molar-refractivity contribution in [2.75, 3.05) is 17.6 Å². The smallest absolute Gasteiger partial charge is 0.159 e. The number of ketones is 1. The third kappa shape index (κ3) is 1.70. The van der Waals surface area contributed by atoms with E-state index in [0.717, 1.165) is 23.5 Å². The molecule has 1 heterocycles. The van der Waals surface area contributed by atoms with Gasteiger partial charge in [-0.2, -0.15) is 0 Å². The third-order valence-corrected chi connectivity index (χ3v) is 3.12. The number of thioether (sulfide) groups is 1. The Labute approximate surface area is 81.7 Å². The van der Waals surface area contributed by atoms with Gasteiger partial charge in [0.2, 0.25) is 0 Å². The molecule has 68 valence electrons. The fraction of sp³-hybridized carbons (Fsp3) is 0.300. The van der Waals surface area contributed by atoms with E-state index in [-0.39, 0.29) is 5.78 Å². The van der Waals surface area contributed by atoms with Crippen LogP contribution in [-0.2, 0) is 0 Å². The normalized spacial score (nSPS) is 14.5. The maximum atomic E-state index is 11.1. The molecule has 1 aromatic rings. The highest BCUT2D eigenvalue weighted by molar-refractivity contribution is 7.99. The first-order chi connectivity index (χ1) is 6.27. The zero-order valence-corrected chi connectivity index (χ0v) is 8.28. The minimum atomic E-state index is 0.133. The first-order valence-electron chi connectivity index (χ1n) is 4.29. The largest absolute Gasteiger partial charge is 0.383 e. The number of nitrogens with one attached hydrogen (secondary N) is 1. The van der Waals surface area contributed by atoms with Crippen LogP contribution in [0.3, 0.4) is 0 Å². The molecule has 0 spiro atoms. The molecule has 0 saturated heterocycles. The van der Waals surface area contributed by atoms with Gasteiger partial charge >= 0.3 is 0 Å². The maximum Gasteiger partial charge on any atom is 0.159 e. The molecule has 1 aromatic carbocycles. The van der Waals surface area contributed by atoms with Crippen molar-refractivity contribution < 1.29 is 4.79 Å². The van der Waals surface area contributed by atoms with Gasteiger partial charge < -0.3 is 5.32 Å². The van der Waals surface area contributed by atoms with Gasteiger partial charge in [0, 0.05) is 28.4 Å². The Morgan fingerprint density at radius 1 is 1.54 bits per heavy atom. The Balaban J connectivity index is 2.40. The van der Waals surface area contributed by atoms with Crippen LogP contribution < -0.4 is 5.32 Å². The topological polar surface area (TPSA) is 29.1 Å². The summed E-state index contributed by atoms with van der Waals surface area (Å²) in [6.07, 6.45) is 0. The molecule has 1 N–H and O–H groups in total. The Morgan fingerprint density at radius 3 is 3.15 bits per heavy atom. The highest BCUT2D eigenvalue weighted by Crippen LogP contribution is 2.31. The Kier molecular flexibility index (Phi) is 2.27. The first-order valence-corrected chi connectivity index (χ1v) is 5.27. The quantitative estimate of drug-likeness (QED) is 0.694. The fourth-order valence-corrected chi connectivity index (χ4v) is 2.28. The van der Waals surface area contributed by atoms with E-state index in [1.54, 1.807) is 18.7 Å². The summed E-state index contributed by atoms with van der Waals surface area (Å²) in [4.78, 5) is 12.3. The average Bonchev–Trinajstić information content (AvgIpc) is 2.17. The summed E-state index contributed by atoms with van der Waals surface area (Å²) in [7, 11) is 0. The summed E-state index contributed by atoms with van der Waals surface area (Å²) in [6, 6.07) is 5.83. The van der Waals surface area contributed by atoms with Crippen LogP contribution in [-0.4, -0.2) is 18.1 Å². The monoisotopic (exact) mass is 193 g/mol. The van der Waals surface area contributed by atoms with Gasteiger partial charge in [-0.15, -0.1) is 11.8 Å². The molecule has 3 heteroatoms. The second-order valence-corrected chi connectivity index (χ2v) is 4.18. The Bertz CT molecular complexity index is 349. The molecule has 0 saturated carbocycles. The lowest BCUT2D eigenvalue weighted by Crippen LogP contribution is -2.10. The van der Waals surface area contributed by atoms with Crippen LogP contribution in [0.4, 0.5) is 5.69 Å². The van der Waals surface area contributed by atoms with E-state index in [4.69, 9.17) is 0 Å². The lowest BCUT2D eigenvalue weighted by Gasteiger charge is -2.17. The fourth-order valence-electron chi connectivity index (χ4n) is 1.35. The van der Waals surface area contributed by atoms with Crippen molar-refractivity contribution in [1.82, 2.24) is 0 Å². The lowest BCUT2D eigenvalue weighted by atomic mass is 10.1. The molecule has 0 aromatic heterocycles. The van der Waals surface area contributed by atoms with E-state index in [0.29, 0.717) is 0 Å². The predicted octanol–water partition coefficient (Wildman–Crippen LogP) is 2.41. The number of fused-ring (bicyclic) bond motifs is 1. The molecule has 0 radical (unpaired) electrons. The highest BCUT2D eigenvalue weighted by atomic mass is 32.2. The number of hydrogen-bond acceptors (Lipinski definition) is 3. The van der Waals surface area contributed by atoms with E-state index >= 15 is 0 Å². The van der Waals surface area contributed by atoms with Gasteiger partial charge in [0.05, 0.1) is 0 Å². The molecule has 1 aliphatic heterocycles. The number of carbonyl (C=O) groups is 1. The van der Waals surface area contributed by atoms with Crippen LogP contribution in [0.1, 0.15) is 17.3 Å². The zero-order chi connectivity index (χ0) is 9.26. The summed E-state index contributed by atoms with van der Waals surface area (Å²) < 4.78 is 0. The molecular formula is C10H11NOS. The van der Waals surface area contributed by atoms with Crippen molar-refractivity contribution in [3.05, 3.63) is 23.8 Å². The standard InChI is InChI=1S/C10H11NOS/c1-7(12)8-2-3-9-10(6-8)13-5-4-11-9/h2-3,6,11H,4-5H2,1H3. The van der Waals surface area contributed by atoms with Crippen LogP contribution in [0, 0.1) is 0 Å². The minimum absolute atomic E-state index is 0.133. The molecule has 0 bridgehead atoms. The molecule has 0 atom stereocenters. The summed E-state index contributed by atoms with van der Waals surface area (Å²) in [6.45, 7) is 2.61.